The molecule has 0 aromatic rings. The van der Waals surface area contributed by atoms with Crippen molar-refractivity contribution in [3.8, 4) is 0 Å². The van der Waals surface area contributed by atoms with E-state index in [0.717, 1.165) is 57.8 Å². The number of amides is 1. The molecule has 0 spiro atoms. The molecule has 0 saturated carbocycles. The second-order valence-electron chi connectivity index (χ2n) is 21.8. The van der Waals surface area contributed by atoms with E-state index < -0.39 is 124 Å². The zero-order chi connectivity index (χ0) is 54.8. The van der Waals surface area contributed by atoms with Crippen molar-refractivity contribution in [2.75, 3.05) is 26.4 Å². The van der Waals surface area contributed by atoms with Crippen LogP contribution in [-0.2, 0) is 33.2 Å². The minimum Gasteiger partial charge on any atom is -0.394 e. The molecular formula is C56H107NO18. The van der Waals surface area contributed by atoms with E-state index in [1.54, 1.807) is 0 Å². The van der Waals surface area contributed by atoms with Gasteiger partial charge in [0.15, 0.2) is 18.9 Å². The lowest BCUT2D eigenvalue weighted by atomic mass is 9.96. The molecule has 75 heavy (non-hydrogen) atoms. The first-order valence-electron chi connectivity index (χ1n) is 29.8. The first kappa shape index (κ1) is 68.1. The molecule has 3 aliphatic heterocycles. The van der Waals surface area contributed by atoms with Crippen LogP contribution in [0.4, 0.5) is 0 Å². The number of nitrogens with one attached hydrogen (secondary N) is 1. The quantitative estimate of drug-likeness (QED) is 0.0364. The molecule has 3 saturated heterocycles. The lowest BCUT2D eigenvalue weighted by molar-refractivity contribution is -0.379. The number of aliphatic hydroxyl groups excluding tert-OH is 11. The molecule has 3 fully saturated rings. The van der Waals surface area contributed by atoms with Gasteiger partial charge in [0.25, 0.3) is 0 Å². The minimum atomic E-state index is -1.97. The minimum absolute atomic E-state index is 0.248. The van der Waals surface area contributed by atoms with Gasteiger partial charge in [0.1, 0.15) is 73.2 Å². The van der Waals surface area contributed by atoms with E-state index in [1.165, 1.54) is 128 Å². The maximum Gasteiger partial charge on any atom is 0.220 e. The van der Waals surface area contributed by atoms with E-state index in [-0.39, 0.29) is 18.9 Å². The maximum absolute atomic E-state index is 13.2. The topological polar surface area (TPSA) is 307 Å². The van der Waals surface area contributed by atoms with Gasteiger partial charge in [0, 0.05) is 6.42 Å². The molecule has 19 nitrogen and oxygen atoms in total. The smallest absolute Gasteiger partial charge is 0.220 e. The molecular weight excluding hydrogens is 975 g/mol. The lowest BCUT2D eigenvalue weighted by Crippen LogP contribution is -2.66. The molecule has 3 heterocycles. The largest absolute Gasteiger partial charge is 0.394 e. The van der Waals surface area contributed by atoms with E-state index in [9.17, 15) is 61.0 Å². The molecule has 444 valence electrons. The first-order chi connectivity index (χ1) is 36.3. The summed E-state index contributed by atoms with van der Waals surface area (Å²) in [6.07, 6.45) is 10.9. The van der Waals surface area contributed by atoms with Crippen LogP contribution in [0.3, 0.4) is 0 Å². The number of carbonyl (C=O) groups is 1. The summed E-state index contributed by atoms with van der Waals surface area (Å²) in [6, 6.07) is -0.878. The molecule has 0 aromatic carbocycles. The highest BCUT2D eigenvalue weighted by Gasteiger charge is 2.53. The van der Waals surface area contributed by atoms with Crippen molar-refractivity contribution < 1.29 is 89.4 Å². The van der Waals surface area contributed by atoms with Gasteiger partial charge in [-0.15, -0.1) is 0 Å². The van der Waals surface area contributed by atoms with Gasteiger partial charge >= 0.3 is 0 Å². The molecule has 0 radical (unpaired) electrons. The van der Waals surface area contributed by atoms with E-state index >= 15 is 0 Å². The van der Waals surface area contributed by atoms with Crippen molar-refractivity contribution in [2.45, 2.75) is 324 Å². The van der Waals surface area contributed by atoms with E-state index in [2.05, 4.69) is 19.2 Å². The Kier molecular flexibility index (Phi) is 37.1. The highest BCUT2D eigenvalue weighted by molar-refractivity contribution is 5.76. The van der Waals surface area contributed by atoms with Crippen molar-refractivity contribution in [1.29, 1.82) is 0 Å². The maximum atomic E-state index is 13.2. The fraction of sp³-hybridized carbons (Fsp3) is 0.982. The van der Waals surface area contributed by atoms with Gasteiger partial charge in [-0.3, -0.25) is 4.79 Å². The average molecular weight is 1080 g/mol. The Hall–Kier alpha value is -1.21. The molecule has 1 amide bonds. The predicted molar refractivity (Wildman–Crippen MR) is 282 cm³/mol. The molecule has 0 bridgehead atoms. The lowest BCUT2D eigenvalue weighted by Gasteiger charge is -2.48. The Labute approximate surface area is 449 Å². The van der Waals surface area contributed by atoms with Crippen LogP contribution in [0.25, 0.3) is 0 Å². The fourth-order valence-electron chi connectivity index (χ4n) is 10.5. The van der Waals surface area contributed by atoms with Gasteiger partial charge in [0.05, 0.1) is 38.6 Å². The summed E-state index contributed by atoms with van der Waals surface area (Å²) in [5.74, 6) is -0.248. The van der Waals surface area contributed by atoms with Crippen molar-refractivity contribution in [1.82, 2.24) is 5.32 Å². The SMILES string of the molecule is CCCCCCCCCCCCCCCCCCCCCCCCCC(O)C(COC1OC(CO)C(OC2OC(CO)C(OC3OC(CO)C(O)C(O)C3O)C(O)C2O)C(O)C1O)NC(=O)CCCCCCCCC. The molecule has 17 unspecified atom stereocenters. The number of aliphatic hydroxyl groups is 11. The monoisotopic (exact) mass is 1080 g/mol. The summed E-state index contributed by atoms with van der Waals surface area (Å²) >= 11 is 0. The third-order valence-corrected chi connectivity index (χ3v) is 15.4. The fourth-order valence-corrected chi connectivity index (χ4v) is 10.5. The molecule has 17 atom stereocenters. The third kappa shape index (κ3) is 25.4. The summed E-state index contributed by atoms with van der Waals surface area (Å²) in [6.45, 7) is 1.74. The Morgan fingerprint density at radius 3 is 1.16 bits per heavy atom. The number of hydrogen-bond donors (Lipinski definition) is 12. The summed E-state index contributed by atoms with van der Waals surface area (Å²) in [5.41, 5.74) is 0. The van der Waals surface area contributed by atoms with Gasteiger partial charge in [-0.2, -0.15) is 0 Å². The van der Waals surface area contributed by atoms with Crippen molar-refractivity contribution in [3.05, 3.63) is 0 Å². The normalized spacial score (nSPS) is 31.1. The van der Waals surface area contributed by atoms with Crippen LogP contribution in [0.5, 0.6) is 0 Å². The first-order valence-corrected chi connectivity index (χ1v) is 29.8. The van der Waals surface area contributed by atoms with Crippen molar-refractivity contribution in [2.24, 2.45) is 0 Å². The Balaban J connectivity index is 1.42. The predicted octanol–water partition coefficient (Wildman–Crippen LogP) is 4.82. The summed E-state index contributed by atoms with van der Waals surface area (Å²) in [5, 5.41) is 120. The Morgan fingerprint density at radius 2 is 0.760 bits per heavy atom. The second kappa shape index (κ2) is 40.9. The number of unbranched alkanes of at least 4 members (excludes halogenated alkanes) is 28. The number of carbonyl (C=O) groups excluding carboxylic acids is 1. The number of rotatable bonds is 44. The number of hydrogen-bond acceptors (Lipinski definition) is 18. The standard InChI is InChI=1S/C56H107NO18/c1-3-5-7-9-11-12-13-14-15-16-17-18-19-20-21-22-23-24-25-26-28-29-31-33-40(61)39(57-44(62)34-32-30-27-10-8-6-4-2)38-70-54-50(68)47(65)52(42(36-59)72-54)75-56-51(69)48(66)53(43(37-60)73-56)74-55-49(67)46(64)45(63)41(35-58)71-55/h39-43,45-56,58-61,63-69H,3-38H2,1-2H3,(H,57,62). The van der Waals surface area contributed by atoms with E-state index in [1.807, 2.05) is 0 Å². The highest BCUT2D eigenvalue weighted by Crippen LogP contribution is 2.33. The van der Waals surface area contributed by atoms with Crippen LogP contribution in [0.2, 0.25) is 0 Å². The van der Waals surface area contributed by atoms with E-state index in [4.69, 9.17) is 28.4 Å². The Morgan fingerprint density at radius 1 is 0.427 bits per heavy atom. The van der Waals surface area contributed by atoms with Crippen LogP contribution in [0.1, 0.15) is 219 Å². The Bertz CT molecular complexity index is 1390. The zero-order valence-electron chi connectivity index (χ0n) is 46.0. The third-order valence-electron chi connectivity index (χ3n) is 15.4. The van der Waals surface area contributed by atoms with Gasteiger partial charge in [-0.1, -0.05) is 200 Å². The summed E-state index contributed by atoms with van der Waals surface area (Å²) < 4.78 is 34.2. The van der Waals surface area contributed by atoms with E-state index in [0.29, 0.717) is 12.8 Å². The van der Waals surface area contributed by atoms with Crippen LogP contribution >= 0.6 is 0 Å². The summed E-state index contributed by atoms with van der Waals surface area (Å²) in [4.78, 5) is 13.2. The average Bonchev–Trinajstić information content (AvgIpc) is 3.41. The molecule has 3 rings (SSSR count). The van der Waals surface area contributed by atoms with Gasteiger partial charge in [-0.25, -0.2) is 0 Å². The molecule has 0 aliphatic carbocycles. The van der Waals surface area contributed by atoms with Crippen LogP contribution in [0.15, 0.2) is 0 Å². The molecule has 12 N–H and O–H groups in total. The van der Waals surface area contributed by atoms with Crippen LogP contribution in [-0.4, -0.2) is 193 Å². The highest BCUT2D eigenvalue weighted by atomic mass is 16.8. The summed E-state index contributed by atoms with van der Waals surface area (Å²) in [7, 11) is 0. The second-order valence-corrected chi connectivity index (χ2v) is 21.8. The van der Waals surface area contributed by atoms with Gasteiger partial charge in [0.2, 0.25) is 5.91 Å². The van der Waals surface area contributed by atoms with Crippen LogP contribution in [0, 0.1) is 0 Å². The number of ether oxygens (including phenoxy) is 6. The molecule has 19 heteroatoms. The van der Waals surface area contributed by atoms with Crippen molar-refractivity contribution >= 4 is 5.91 Å². The zero-order valence-corrected chi connectivity index (χ0v) is 46.0. The van der Waals surface area contributed by atoms with Crippen LogP contribution < -0.4 is 5.32 Å². The molecule has 0 aromatic heterocycles. The van der Waals surface area contributed by atoms with Gasteiger partial charge in [-0.05, 0) is 12.8 Å². The van der Waals surface area contributed by atoms with Gasteiger partial charge < -0.3 is 89.9 Å². The van der Waals surface area contributed by atoms with Crippen molar-refractivity contribution in [3.63, 3.8) is 0 Å². The molecule has 3 aliphatic rings.